The highest BCUT2D eigenvalue weighted by atomic mass is 16.6. The molecule has 0 aliphatic rings. The predicted octanol–water partition coefficient (Wildman–Crippen LogP) is 1.67. The molecule has 0 aliphatic heterocycles. The molecule has 1 aromatic carbocycles. The van der Waals surface area contributed by atoms with Crippen molar-refractivity contribution in [2.75, 3.05) is 6.54 Å². The van der Waals surface area contributed by atoms with Crippen molar-refractivity contribution in [3.05, 3.63) is 29.8 Å². The van der Waals surface area contributed by atoms with Crippen molar-refractivity contribution in [2.24, 2.45) is 5.73 Å². The molecule has 0 aliphatic carbocycles. The maximum atomic E-state index is 11.6. The summed E-state index contributed by atoms with van der Waals surface area (Å²) >= 11 is 0. The molecule has 1 rings (SSSR count). The van der Waals surface area contributed by atoms with Gasteiger partial charge in [-0.3, -0.25) is 0 Å². The quantitative estimate of drug-likeness (QED) is 0.659. The number of ether oxygens (including phenoxy) is 1. The number of carbonyl (C=O) groups excluding carboxylic acids is 1. The van der Waals surface area contributed by atoms with Gasteiger partial charge in [-0.2, -0.15) is 0 Å². The zero-order valence-electron chi connectivity index (χ0n) is 11.5. The maximum Gasteiger partial charge on any atom is 0.413 e. The number of carboxylic acids is 1. The molecule has 0 radical (unpaired) electrons. The molecule has 0 unspecified atom stereocenters. The van der Waals surface area contributed by atoms with Gasteiger partial charge in [-0.25, -0.2) is 9.59 Å². The molecule has 0 saturated heterocycles. The van der Waals surface area contributed by atoms with Gasteiger partial charge in [0.05, 0.1) is 0 Å². The first-order chi connectivity index (χ1) is 9.52. The number of aryl methyl sites for hydroxylation is 1. The molecule has 6 nitrogen and oxygen atoms in total. The zero-order chi connectivity index (χ0) is 15.0. The first-order valence-electron chi connectivity index (χ1n) is 6.51. The Morgan fingerprint density at radius 3 is 2.75 bits per heavy atom. The van der Waals surface area contributed by atoms with Gasteiger partial charge in [0.25, 0.3) is 0 Å². The molecule has 1 amide bonds. The van der Waals surface area contributed by atoms with Crippen LogP contribution in [0.25, 0.3) is 0 Å². The van der Waals surface area contributed by atoms with E-state index in [-0.39, 0.29) is 0 Å². The molecule has 0 spiro atoms. The van der Waals surface area contributed by atoms with Gasteiger partial charge in [-0.15, -0.1) is 0 Å². The van der Waals surface area contributed by atoms with Gasteiger partial charge in [0.1, 0.15) is 11.8 Å². The van der Waals surface area contributed by atoms with Gasteiger partial charge >= 0.3 is 12.1 Å². The zero-order valence-corrected chi connectivity index (χ0v) is 11.5. The second kappa shape index (κ2) is 8.16. The summed E-state index contributed by atoms with van der Waals surface area (Å²) in [6.07, 6.45) is 0.919. The lowest BCUT2D eigenvalue weighted by molar-refractivity contribution is -0.139. The Kier molecular flexibility index (Phi) is 6.52. The number of nitrogens with two attached hydrogens (primary N) is 1. The van der Waals surface area contributed by atoms with Crippen molar-refractivity contribution < 1.29 is 19.4 Å². The molecule has 1 aromatic rings. The lowest BCUT2D eigenvalue weighted by atomic mass is 10.1. The second-order valence-corrected chi connectivity index (χ2v) is 4.53. The number of unbranched alkanes of at least 4 members (excludes halogenated alkanes) is 1. The van der Waals surface area contributed by atoms with Gasteiger partial charge in [0.2, 0.25) is 0 Å². The highest BCUT2D eigenvalue weighted by Gasteiger charge is 2.20. The standard InChI is InChI=1S/C14H20N2O4/c1-10-5-4-6-11(9-10)20-14(19)16-12(13(17)18)7-2-3-8-15/h4-6,9,12H,2-3,7-8,15H2,1H3,(H,16,19)(H,17,18)/t12-/m0/s1. The molecule has 0 heterocycles. The molecular formula is C14H20N2O4. The lowest BCUT2D eigenvalue weighted by Gasteiger charge is -2.14. The molecule has 6 heteroatoms. The molecule has 0 bridgehead atoms. The first-order valence-corrected chi connectivity index (χ1v) is 6.51. The second-order valence-electron chi connectivity index (χ2n) is 4.53. The number of hydrogen-bond donors (Lipinski definition) is 3. The number of aliphatic carboxylic acids is 1. The number of nitrogens with one attached hydrogen (secondary N) is 1. The molecule has 20 heavy (non-hydrogen) atoms. The fourth-order valence-electron chi connectivity index (χ4n) is 1.71. The van der Waals surface area contributed by atoms with Crippen LogP contribution in [0.4, 0.5) is 4.79 Å². The molecule has 0 saturated carbocycles. The van der Waals surface area contributed by atoms with Crippen LogP contribution in [0.15, 0.2) is 24.3 Å². The largest absolute Gasteiger partial charge is 0.480 e. The third kappa shape index (κ3) is 5.71. The lowest BCUT2D eigenvalue weighted by Crippen LogP contribution is -2.42. The van der Waals surface area contributed by atoms with Crippen LogP contribution in [0.3, 0.4) is 0 Å². The van der Waals surface area contributed by atoms with E-state index in [1.54, 1.807) is 18.2 Å². The number of carboxylic acid groups (broad SMARTS) is 1. The minimum absolute atomic E-state index is 0.329. The van der Waals surface area contributed by atoms with Crippen molar-refractivity contribution in [3.8, 4) is 5.75 Å². The van der Waals surface area contributed by atoms with E-state index in [4.69, 9.17) is 15.6 Å². The van der Waals surface area contributed by atoms with Crippen LogP contribution >= 0.6 is 0 Å². The SMILES string of the molecule is Cc1cccc(OC(=O)N[C@@H](CCCCN)C(=O)O)c1. The van der Waals surface area contributed by atoms with E-state index in [1.807, 2.05) is 13.0 Å². The monoisotopic (exact) mass is 280 g/mol. The van der Waals surface area contributed by atoms with E-state index in [2.05, 4.69) is 5.32 Å². The average Bonchev–Trinajstić information content (AvgIpc) is 2.37. The minimum atomic E-state index is -1.08. The Morgan fingerprint density at radius 2 is 2.15 bits per heavy atom. The Balaban J connectivity index is 2.51. The van der Waals surface area contributed by atoms with Crippen LogP contribution in [0.1, 0.15) is 24.8 Å². The Hall–Kier alpha value is -2.08. The molecule has 0 fully saturated rings. The van der Waals surface area contributed by atoms with Crippen LogP contribution in [0.5, 0.6) is 5.75 Å². The number of rotatable bonds is 7. The highest BCUT2D eigenvalue weighted by Crippen LogP contribution is 2.12. The third-order valence-electron chi connectivity index (χ3n) is 2.74. The fraction of sp³-hybridized carbons (Fsp3) is 0.429. The van der Waals surface area contributed by atoms with Crippen LogP contribution in [-0.4, -0.2) is 29.8 Å². The predicted molar refractivity (Wildman–Crippen MR) is 74.7 cm³/mol. The first kappa shape index (κ1) is 16.0. The van der Waals surface area contributed by atoms with Crippen LogP contribution in [-0.2, 0) is 4.79 Å². The third-order valence-corrected chi connectivity index (χ3v) is 2.74. The van der Waals surface area contributed by atoms with Crippen molar-refractivity contribution in [3.63, 3.8) is 0 Å². The summed E-state index contributed by atoms with van der Waals surface area (Å²) in [5.41, 5.74) is 6.30. The summed E-state index contributed by atoms with van der Waals surface area (Å²) in [5.74, 6) is -0.697. The van der Waals surface area contributed by atoms with Crippen molar-refractivity contribution in [2.45, 2.75) is 32.2 Å². The van der Waals surface area contributed by atoms with Gasteiger partial charge in [-0.1, -0.05) is 12.1 Å². The van der Waals surface area contributed by atoms with Gasteiger partial charge in [0.15, 0.2) is 0 Å². The van der Waals surface area contributed by atoms with E-state index in [0.717, 1.165) is 12.0 Å². The van der Waals surface area contributed by atoms with E-state index in [0.29, 0.717) is 25.1 Å². The average molecular weight is 280 g/mol. The van der Waals surface area contributed by atoms with Crippen molar-refractivity contribution >= 4 is 12.1 Å². The van der Waals surface area contributed by atoms with Gasteiger partial charge in [-0.05, 0) is 50.4 Å². The molecule has 4 N–H and O–H groups in total. The number of benzene rings is 1. The highest BCUT2D eigenvalue weighted by molar-refractivity contribution is 5.80. The smallest absolute Gasteiger partial charge is 0.413 e. The normalized spacial score (nSPS) is 11.7. The minimum Gasteiger partial charge on any atom is -0.480 e. The summed E-state index contributed by atoms with van der Waals surface area (Å²) in [7, 11) is 0. The summed E-state index contributed by atoms with van der Waals surface area (Å²) in [5, 5.41) is 11.4. The topological polar surface area (TPSA) is 102 Å². The van der Waals surface area contributed by atoms with Crippen molar-refractivity contribution in [1.82, 2.24) is 5.32 Å². The molecular weight excluding hydrogens is 260 g/mol. The van der Waals surface area contributed by atoms with E-state index >= 15 is 0 Å². The van der Waals surface area contributed by atoms with Crippen LogP contribution in [0, 0.1) is 6.92 Å². The number of hydrogen-bond acceptors (Lipinski definition) is 4. The summed E-state index contributed by atoms with van der Waals surface area (Å²) < 4.78 is 5.04. The molecule has 110 valence electrons. The fourth-order valence-corrected chi connectivity index (χ4v) is 1.71. The van der Waals surface area contributed by atoms with Crippen LogP contribution < -0.4 is 15.8 Å². The number of amides is 1. The van der Waals surface area contributed by atoms with Gasteiger partial charge < -0.3 is 20.9 Å². The molecule has 1 atom stereocenters. The Bertz CT molecular complexity index is 462. The van der Waals surface area contributed by atoms with E-state index in [9.17, 15) is 9.59 Å². The Labute approximate surface area is 117 Å². The Morgan fingerprint density at radius 1 is 1.40 bits per heavy atom. The van der Waals surface area contributed by atoms with E-state index in [1.165, 1.54) is 0 Å². The van der Waals surface area contributed by atoms with Crippen LogP contribution in [0.2, 0.25) is 0 Å². The maximum absolute atomic E-state index is 11.6. The summed E-state index contributed by atoms with van der Waals surface area (Å²) in [6, 6.07) is 6.00. The van der Waals surface area contributed by atoms with Crippen molar-refractivity contribution in [1.29, 1.82) is 0 Å². The number of carbonyl (C=O) groups is 2. The van der Waals surface area contributed by atoms with E-state index < -0.39 is 18.1 Å². The molecule has 0 aromatic heterocycles. The summed E-state index contributed by atoms with van der Waals surface area (Å²) in [4.78, 5) is 22.7. The van der Waals surface area contributed by atoms with Gasteiger partial charge in [0, 0.05) is 0 Å². The summed E-state index contributed by atoms with van der Waals surface area (Å²) in [6.45, 7) is 2.37.